The summed E-state index contributed by atoms with van der Waals surface area (Å²) in [6.45, 7) is 2.17. The van der Waals surface area contributed by atoms with Crippen molar-refractivity contribution in [2.24, 2.45) is 0 Å². The summed E-state index contributed by atoms with van der Waals surface area (Å²) in [6, 6.07) is 18.6. The van der Waals surface area contributed by atoms with Crippen LogP contribution < -0.4 is 5.32 Å². The molecule has 132 valence electrons. The summed E-state index contributed by atoms with van der Waals surface area (Å²) in [6.07, 6.45) is 2.82. The topological polar surface area (TPSA) is 79.2 Å². The molecule has 0 aliphatic rings. The standard InChI is InChI=1S/C21H20N2O3/c1-16(19-5-3-2-4-6-19)14-23-20(24)15-26-21(25)12-11-17-7-9-18(13-22)10-8-17/h2-12,16H,14-15H2,1H3,(H,23,24)/b12-11+/t16-/m0/s1. The maximum absolute atomic E-state index is 11.8. The number of rotatable bonds is 7. The van der Waals surface area contributed by atoms with Crippen LogP contribution in [0.25, 0.3) is 6.08 Å². The third kappa shape index (κ3) is 6.25. The number of amides is 1. The number of ether oxygens (including phenoxy) is 1. The Morgan fingerprint density at radius 2 is 1.85 bits per heavy atom. The normalized spacial score (nSPS) is 11.5. The van der Waals surface area contributed by atoms with Crippen LogP contribution in [0.3, 0.4) is 0 Å². The Labute approximate surface area is 152 Å². The fraction of sp³-hybridized carbons (Fsp3) is 0.190. The number of nitrogens with zero attached hydrogens (tertiary/aromatic N) is 1. The zero-order valence-electron chi connectivity index (χ0n) is 14.5. The van der Waals surface area contributed by atoms with E-state index in [1.165, 1.54) is 6.08 Å². The summed E-state index contributed by atoms with van der Waals surface area (Å²) in [4.78, 5) is 23.4. The molecule has 2 aromatic rings. The van der Waals surface area contributed by atoms with E-state index in [2.05, 4.69) is 5.32 Å². The van der Waals surface area contributed by atoms with Gasteiger partial charge < -0.3 is 10.1 Å². The van der Waals surface area contributed by atoms with Gasteiger partial charge in [0.2, 0.25) is 0 Å². The smallest absolute Gasteiger partial charge is 0.331 e. The number of nitrogens with one attached hydrogen (secondary N) is 1. The summed E-state index contributed by atoms with van der Waals surface area (Å²) in [5.41, 5.74) is 2.45. The van der Waals surface area contributed by atoms with E-state index >= 15 is 0 Å². The Bertz CT molecular complexity index is 805. The third-order valence-electron chi connectivity index (χ3n) is 3.77. The molecule has 0 saturated heterocycles. The Morgan fingerprint density at radius 3 is 2.50 bits per heavy atom. The number of hydrogen-bond donors (Lipinski definition) is 1. The van der Waals surface area contributed by atoms with Gasteiger partial charge >= 0.3 is 5.97 Å². The number of carbonyl (C=O) groups is 2. The van der Waals surface area contributed by atoms with E-state index < -0.39 is 5.97 Å². The summed E-state index contributed by atoms with van der Waals surface area (Å²) in [7, 11) is 0. The highest BCUT2D eigenvalue weighted by Crippen LogP contribution is 2.12. The van der Waals surface area contributed by atoms with Gasteiger partial charge in [0, 0.05) is 12.6 Å². The maximum atomic E-state index is 11.8. The second-order valence-electron chi connectivity index (χ2n) is 5.79. The molecule has 2 rings (SSSR count). The fourth-order valence-electron chi connectivity index (χ4n) is 2.24. The predicted octanol–water partition coefficient (Wildman–Crippen LogP) is 3.03. The van der Waals surface area contributed by atoms with Gasteiger partial charge in [-0.05, 0) is 35.3 Å². The van der Waals surface area contributed by atoms with Crippen LogP contribution in [0.15, 0.2) is 60.7 Å². The lowest BCUT2D eigenvalue weighted by Gasteiger charge is -2.12. The van der Waals surface area contributed by atoms with Crippen molar-refractivity contribution >= 4 is 18.0 Å². The molecular weight excluding hydrogens is 328 g/mol. The van der Waals surface area contributed by atoms with Crippen molar-refractivity contribution in [3.8, 4) is 6.07 Å². The molecule has 26 heavy (non-hydrogen) atoms. The zero-order valence-corrected chi connectivity index (χ0v) is 14.5. The molecule has 0 aliphatic heterocycles. The quantitative estimate of drug-likeness (QED) is 0.616. The van der Waals surface area contributed by atoms with Gasteiger partial charge in [0.25, 0.3) is 5.91 Å². The number of benzene rings is 2. The molecule has 0 unspecified atom stereocenters. The molecule has 1 atom stereocenters. The molecule has 0 aliphatic carbocycles. The first-order valence-electron chi connectivity index (χ1n) is 8.25. The largest absolute Gasteiger partial charge is 0.452 e. The Balaban J connectivity index is 1.71. The maximum Gasteiger partial charge on any atom is 0.331 e. The van der Waals surface area contributed by atoms with E-state index in [0.717, 1.165) is 11.1 Å². The molecular formula is C21H20N2O3. The van der Waals surface area contributed by atoms with Crippen LogP contribution in [0.2, 0.25) is 0 Å². The van der Waals surface area contributed by atoms with Gasteiger partial charge in [-0.15, -0.1) is 0 Å². The van der Waals surface area contributed by atoms with Crippen LogP contribution in [0, 0.1) is 11.3 Å². The summed E-state index contributed by atoms with van der Waals surface area (Å²) >= 11 is 0. The minimum absolute atomic E-state index is 0.173. The van der Waals surface area contributed by atoms with Gasteiger partial charge in [-0.3, -0.25) is 4.79 Å². The van der Waals surface area contributed by atoms with E-state index in [4.69, 9.17) is 10.00 Å². The molecule has 5 heteroatoms. The van der Waals surface area contributed by atoms with Gasteiger partial charge in [0.1, 0.15) is 0 Å². The van der Waals surface area contributed by atoms with Gasteiger partial charge in [0.15, 0.2) is 6.61 Å². The van der Waals surface area contributed by atoms with Crippen molar-refractivity contribution < 1.29 is 14.3 Å². The van der Waals surface area contributed by atoms with Crippen molar-refractivity contribution in [2.45, 2.75) is 12.8 Å². The first-order chi connectivity index (χ1) is 12.6. The first kappa shape index (κ1) is 18.9. The minimum atomic E-state index is -0.597. The molecule has 0 saturated carbocycles. The molecule has 0 heterocycles. The van der Waals surface area contributed by atoms with Crippen molar-refractivity contribution in [1.29, 1.82) is 5.26 Å². The second-order valence-corrected chi connectivity index (χ2v) is 5.79. The van der Waals surface area contributed by atoms with Gasteiger partial charge in [-0.2, -0.15) is 5.26 Å². The van der Waals surface area contributed by atoms with Gasteiger partial charge in [-0.1, -0.05) is 49.4 Å². The average molecular weight is 348 g/mol. The molecule has 0 bridgehead atoms. The molecule has 0 aromatic heterocycles. The van der Waals surface area contributed by atoms with Crippen molar-refractivity contribution in [1.82, 2.24) is 5.32 Å². The second kappa shape index (κ2) is 9.80. The van der Waals surface area contributed by atoms with Crippen LogP contribution in [0.1, 0.15) is 29.5 Å². The van der Waals surface area contributed by atoms with Gasteiger partial charge in [0.05, 0.1) is 11.6 Å². The Hall–Kier alpha value is -3.39. The van der Waals surface area contributed by atoms with E-state index in [9.17, 15) is 9.59 Å². The highest BCUT2D eigenvalue weighted by molar-refractivity contribution is 5.89. The minimum Gasteiger partial charge on any atom is -0.452 e. The van der Waals surface area contributed by atoms with Crippen molar-refractivity contribution in [3.63, 3.8) is 0 Å². The first-order valence-corrected chi connectivity index (χ1v) is 8.25. The van der Waals surface area contributed by atoms with E-state index in [0.29, 0.717) is 12.1 Å². The summed E-state index contributed by atoms with van der Waals surface area (Å²) < 4.78 is 4.92. The highest BCUT2D eigenvalue weighted by Gasteiger charge is 2.09. The SMILES string of the molecule is C[C@@H](CNC(=O)COC(=O)/C=C/c1ccc(C#N)cc1)c1ccccc1. The number of hydrogen-bond acceptors (Lipinski definition) is 4. The van der Waals surface area contributed by atoms with Crippen LogP contribution >= 0.6 is 0 Å². The van der Waals surface area contributed by atoms with Crippen molar-refractivity contribution in [3.05, 3.63) is 77.4 Å². The monoisotopic (exact) mass is 348 g/mol. The number of nitriles is 1. The van der Waals surface area contributed by atoms with E-state index in [1.807, 2.05) is 43.3 Å². The third-order valence-corrected chi connectivity index (χ3v) is 3.77. The molecule has 5 nitrogen and oxygen atoms in total. The predicted molar refractivity (Wildman–Crippen MR) is 99.0 cm³/mol. The Kier molecular flexibility index (Phi) is 7.14. The van der Waals surface area contributed by atoms with Crippen molar-refractivity contribution in [2.75, 3.05) is 13.2 Å². The number of carbonyl (C=O) groups excluding carboxylic acids is 2. The average Bonchev–Trinajstić information content (AvgIpc) is 2.69. The molecule has 0 radical (unpaired) electrons. The van der Waals surface area contributed by atoms with E-state index in [-0.39, 0.29) is 18.4 Å². The molecule has 0 spiro atoms. The summed E-state index contributed by atoms with van der Waals surface area (Å²) in [5, 5.41) is 11.5. The lowest BCUT2D eigenvalue weighted by atomic mass is 10.0. The lowest BCUT2D eigenvalue weighted by molar-refractivity contribution is -0.143. The molecule has 1 amide bonds. The van der Waals surface area contributed by atoms with Crippen LogP contribution in [-0.2, 0) is 14.3 Å². The molecule has 2 aromatic carbocycles. The van der Waals surface area contributed by atoms with E-state index in [1.54, 1.807) is 30.3 Å². The van der Waals surface area contributed by atoms with Crippen LogP contribution in [0.4, 0.5) is 0 Å². The highest BCUT2D eigenvalue weighted by atomic mass is 16.5. The summed E-state index contributed by atoms with van der Waals surface area (Å²) in [5.74, 6) is -0.763. The van der Waals surface area contributed by atoms with Crippen LogP contribution in [0.5, 0.6) is 0 Å². The zero-order chi connectivity index (χ0) is 18.8. The molecule has 1 N–H and O–H groups in total. The van der Waals surface area contributed by atoms with Crippen LogP contribution in [-0.4, -0.2) is 25.0 Å². The number of esters is 1. The lowest BCUT2D eigenvalue weighted by Crippen LogP contribution is -2.31. The van der Waals surface area contributed by atoms with Gasteiger partial charge in [-0.25, -0.2) is 4.79 Å². The fourth-order valence-corrected chi connectivity index (χ4v) is 2.24. The molecule has 0 fully saturated rings. The Morgan fingerprint density at radius 1 is 1.15 bits per heavy atom.